The van der Waals surface area contributed by atoms with Crippen LogP contribution in [-0.2, 0) is 14.2 Å². The molecule has 2 aliphatic rings. The Labute approximate surface area is 206 Å². The quantitative estimate of drug-likeness (QED) is 0.311. The molecule has 9 nitrogen and oxygen atoms in total. The highest BCUT2D eigenvalue weighted by molar-refractivity contribution is 7.21. The van der Waals surface area contributed by atoms with E-state index < -0.39 is 5.79 Å². The van der Waals surface area contributed by atoms with E-state index in [-0.39, 0.29) is 30.8 Å². The number of ether oxygens (including phenoxy) is 3. The molecule has 182 valence electrons. The first-order valence-electron chi connectivity index (χ1n) is 11.3. The zero-order valence-electron chi connectivity index (χ0n) is 19.2. The predicted molar refractivity (Wildman–Crippen MR) is 132 cm³/mol. The van der Waals surface area contributed by atoms with Gasteiger partial charge in [0.2, 0.25) is 5.95 Å². The van der Waals surface area contributed by atoms with E-state index in [1.54, 1.807) is 7.11 Å². The molecule has 3 aromatic rings. The van der Waals surface area contributed by atoms with Crippen molar-refractivity contribution in [3.8, 4) is 10.6 Å². The molecule has 11 heteroatoms. The number of anilines is 2. The molecule has 3 N–H and O–H groups in total. The maximum atomic E-state index is 9.95. The van der Waals surface area contributed by atoms with E-state index in [0.717, 1.165) is 15.2 Å². The molecule has 4 atom stereocenters. The number of hydrogen-bond acceptors (Lipinski definition) is 10. The largest absolute Gasteiger partial charge is 0.396 e. The molecule has 0 amide bonds. The van der Waals surface area contributed by atoms with E-state index in [1.807, 2.05) is 38.1 Å². The van der Waals surface area contributed by atoms with Crippen LogP contribution in [0.4, 0.5) is 11.8 Å². The van der Waals surface area contributed by atoms with Crippen molar-refractivity contribution in [2.75, 3.05) is 37.5 Å². The molecule has 4 unspecified atom stereocenters. The first-order valence-corrected chi connectivity index (χ1v) is 12.5. The number of fused-ring (bicyclic) bond motifs is 2. The molecule has 1 aliphatic carbocycles. The van der Waals surface area contributed by atoms with Crippen LogP contribution in [0.15, 0.2) is 24.3 Å². The highest BCUT2D eigenvalue weighted by Gasteiger charge is 2.54. The Kier molecular flexibility index (Phi) is 6.62. The van der Waals surface area contributed by atoms with E-state index in [2.05, 4.69) is 15.6 Å². The summed E-state index contributed by atoms with van der Waals surface area (Å²) in [6.07, 6.45) is 0.254. The first kappa shape index (κ1) is 23.7. The number of hydrogen-bond donors (Lipinski definition) is 3. The van der Waals surface area contributed by atoms with Gasteiger partial charge in [-0.25, -0.2) is 9.97 Å². The molecule has 1 aliphatic heterocycles. The zero-order chi connectivity index (χ0) is 23.9. The van der Waals surface area contributed by atoms with Crippen LogP contribution in [0.1, 0.15) is 20.3 Å². The van der Waals surface area contributed by atoms with Gasteiger partial charge in [-0.2, -0.15) is 4.98 Å². The Morgan fingerprint density at radius 1 is 1.21 bits per heavy atom. The third kappa shape index (κ3) is 4.58. The van der Waals surface area contributed by atoms with Crippen LogP contribution in [0, 0.1) is 5.92 Å². The third-order valence-corrected chi connectivity index (χ3v) is 7.43. The molecule has 0 radical (unpaired) electrons. The number of methoxy groups -OCH3 is 1. The number of nitrogens with zero attached hydrogens (tertiary/aromatic N) is 3. The van der Waals surface area contributed by atoms with Gasteiger partial charge in [0, 0.05) is 26.2 Å². The van der Waals surface area contributed by atoms with E-state index in [0.29, 0.717) is 42.1 Å². The van der Waals surface area contributed by atoms with Crippen LogP contribution >= 0.6 is 22.9 Å². The van der Waals surface area contributed by atoms with Crippen molar-refractivity contribution in [2.45, 2.75) is 44.3 Å². The monoisotopic (exact) mass is 505 g/mol. The van der Waals surface area contributed by atoms with Gasteiger partial charge < -0.3 is 30.0 Å². The zero-order valence-corrected chi connectivity index (χ0v) is 20.8. The molecular formula is C23H28ClN5O4S. The lowest BCUT2D eigenvalue weighted by atomic mass is 10.1. The van der Waals surface area contributed by atoms with Gasteiger partial charge in [0.15, 0.2) is 5.79 Å². The summed E-state index contributed by atoms with van der Waals surface area (Å²) in [5.41, 5.74) is 1.53. The van der Waals surface area contributed by atoms with Crippen LogP contribution in [-0.4, -0.2) is 71.0 Å². The second-order valence-electron chi connectivity index (χ2n) is 8.96. The maximum Gasteiger partial charge on any atom is 0.226 e. The highest BCUT2D eigenvalue weighted by Crippen LogP contribution is 2.44. The molecule has 1 aromatic carbocycles. The maximum absolute atomic E-state index is 9.95. The second kappa shape index (κ2) is 9.52. The summed E-state index contributed by atoms with van der Waals surface area (Å²) in [6.45, 7) is 4.86. The number of benzene rings is 1. The normalized spacial score (nSPS) is 25.6. The van der Waals surface area contributed by atoms with E-state index in [4.69, 9.17) is 35.8 Å². The molecule has 1 saturated carbocycles. The van der Waals surface area contributed by atoms with E-state index in [1.165, 1.54) is 11.3 Å². The van der Waals surface area contributed by atoms with Gasteiger partial charge in [-0.15, -0.1) is 11.3 Å². The number of rotatable bonds is 8. The number of aliphatic hydroxyl groups is 1. The number of halogens is 1. The van der Waals surface area contributed by atoms with Gasteiger partial charge in [0.05, 0.1) is 34.5 Å². The van der Waals surface area contributed by atoms with E-state index in [9.17, 15) is 5.11 Å². The Hall–Kier alpha value is -2.08. The summed E-state index contributed by atoms with van der Waals surface area (Å²) in [6, 6.07) is 7.81. The van der Waals surface area contributed by atoms with Gasteiger partial charge in [-0.05, 0) is 32.4 Å². The van der Waals surface area contributed by atoms with Crippen molar-refractivity contribution in [1.29, 1.82) is 0 Å². The fourth-order valence-corrected chi connectivity index (χ4v) is 5.96. The van der Waals surface area contributed by atoms with Crippen LogP contribution in [0.3, 0.4) is 0 Å². The fourth-order valence-electron chi connectivity index (χ4n) is 4.63. The van der Waals surface area contributed by atoms with Crippen molar-refractivity contribution in [1.82, 2.24) is 15.0 Å². The molecule has 2 aromatic heterocycles. The lowest BCUT2D eigenvalue weighted by Crippen LogP contribution is -2.35. The summed E-state index contributed by atoms with van der Waals surface area (Å²) in [4.78, 5) is 14.0. The lowest BCUT2D eigenvalue weighted by molar-refractivity contribution is -0.158. The van der Waals surface area contributed by atoms with Crippen LogP contribution in [0.2, 0.25) is 5.15 Å². The first-order chi connectivity index (χ1) is 16.4. The number of aliphatic hydroxyl groups excluding tert-OH is 1. The Balaban J connectivity index is 1.52. The smallest absolute Gasteiger partial charge is 0.226 e. The Morgan fingerprint density at radius 3 is 2.76 bits per heavy atom. The van der Waals surface area contributed by atoms with Gasteiger partial charge in [-0.1, -0.05) is 23.7 Å². The summed E-state index contributed by atoms with van der Waals surface area (Å²) >= 11 is 8.25. The van der Waals surface area contributed by atoms with Gasteiger partial charge in [0.1, 0.15) is 22.1 Å². The van der Waals surface area contributed by atoms with Crippen molar-refractivity contribution in [3.63, 3.8) is 0 Å². The SMILES string of the molecule is COCCNc1nc(Cl)c(-c2nc3ccccc3s2)c(NC2CC(CO)C3OC(C)(C)OC23)n1. The highest BCUT2D eigenvalue weighted by atomic mass is 35.5. The fraction of sp³-hybridized carbons (Fsp3) is 0.522. The molecule has 34 heavy (non-hydrogen) atoms. The lowest BCUT2D eigenvalue weighted by Gasteiger charge is -2.24. The molecule has 3 heterocycles. The Bertz CT molecular complexity index is 1140. The van der Waals surface area contributed by atoms with Gasteiger partial charge in [0.25, 0.3) is 0 Å². The number of nitrogens with one attached hydrogen (secondary N) is 2. The average molecular weight is 506 g/mol. The summed E-state index contributed by atoms with van der Waals surface area (Å²) in [5, 5.41) is 17.7. The van der Waals surface area contributed by atoms with Gasteiger partial charge >= 0.3 is 0 Å². The minimum atomic E-state index is -0.713. The predicted octanol–water partition coefficient (Wildman–Crippen LogP) is 3.78. The van der Waals surface area contributed by atoms with Crippen LogP contribution in [0.5, 0.6) is 0 Å². The van der Waals surface area contributed by atoms with Crippen molar-refractivity contribution in [2.24, 2.45) is 5.92 Å². The molecule has 0 bridgehead atoms. The molecule has 0 spiro atoms. The minimum Gasteiger partial charge on any atom is -0.396 e. The second-order valence-corrected chi connectivity index (χ2v) is 10.4. The van der Waals surface area contributed by atoms with E-state index >= 15 is 0 Å². The molecule has 1 saturated heterocycles. The summed E-state index contributed by atoms with van der Waals surface area (Å²) in [5.74, 6) is 0.211. The van der Waals surface area contributed by atoms with Crippen molar-refractivity contribution in [3.05, 3.63) is 29.4 Å². The number of aromatic nitrogens is 3. The van der Waals surface area contributed by atoms with Crippen LogP contribution in [0.25, 0.3) is 20.8 Å². The Morgan fingerprint density at radius 2 is 2.00 bits per heavy atom. The standard InChI is InChI=1S/C23H28ClN5O4S/c1-23(2)32-17-12(11-30)10-14(18(17)33-23)26-20-16(19(24)28-22(29-20)25-8-9-31-3)21-27-13-6-4-5-7-15(13)34-21/h4-7,12,14,17-18,30H,8-11H2,1-3H3,(H2,25,26,28,29). The average Bonchev–Trinajstić information content (AvgIpc) is 3.44. The van der Waals surface area contributed by atoms with Crippen molar-refractivity contribution >= 4 is 44.9 Å². The summed E-state index contributed by atoms with van der Waals surface area (Å²) < 4.78 is 18.5. The third-order valence-electron chi connectivity index (χ3n) is 6.10. The van der Waals surface area contributed by atoms with Crippen LogP contribution < -0.4 is 10.6 Å². The topological polar surface area (TPSA) is 111 Å². The van der Waals surface area contributed by atoms with Gasteiger partial charge in [-0.3, -0.25) is 0 Å². The summed E-state index contributed by atoms with van der Waals surface area (Å²) in [7, 11) is 1.64. The molecule has 2 fully saturated rings. The molecule has 5 rings (SSSR count). The van der Waals surface area contributed by atoms with Crippen molar-refractivity contribution < 1.29 is 19.3 Å². The minimum absolute atomic E-state index is 0.0257. The number of thiazole rings is 1. The molecular weight excluding hydrogens is 478 g/mol. The number of para-hydroxylation sites is 1.